The second-order valence-corrected chi connectivity index (χ2v) is 3.91. The van der Waals surface area contributed by atoms with Gasteiger partial charge in [0.25, 0.3) is 6.43 Å². The van der Waals surface area contributed by atoms with Crippen LogP contribution in [0.4, 0.5) is 8.78 Å². The van der Waals surface area contributed by atoms with E-state index in [4.69, 9.17) is 5.11 Å². The van der Waals surface area contributed by atoms with Gasteiger partial charge in [-0.15, -0.1) is 0 Å². The predicted molar refractivity (Wildman–Crippen MR) is 56.1 cm³/mol. The van der Waals surface area contributed by atoms with Crippen molar-refractivity contribution < 1.29 is 18.7 Å². The molecule has 0 radical (unpaired) electrons. The van der Waals surface area contributed by atoms with Crippen LogP contribution in [0.15, 0.2) is 10.9 Å². The molecule has 1 aromatic rings. The van der Waals surface area contributed by atoms with Crippen molar-refractivity contribution in [2.24, 2.45) is 0 Å². The van der Waals surface area contributed by atoms with Gasteiger partial charge in [-0.1, -0.05) is 0 Å². The molecule has 2 N–H and O–H groups in total. The summed E-state index contributed by atoms with van der Waals surface area (Å²) in [5.74, 6) is -1.22. The Hall–Kier alpha value is -0.990. The first-order valence-electron chi connectivity index (χ1n) is 3.83. The molecule has 0 bridgehead atoms. The number of halogens is 3. The smallest absolute Gasteiger partial charge is 0.307 e. The van der Waals surface area contributed by atoms with Gasteiger partial charge in [-0.05, 0) is 22.6 Å². The summed E-state index contributed by atoms with van der Waals surface area (Å²) in [6.07, 6.45) is -3.42. The summed E-state index contributed by atoms with van der Waals surface area (Å²) in [5.41, 5.74) is -1.32. The van der Waals surface area contributed by atoms with Crippen molar-refractivity contribution >= 4 is 28.6 Å². The van der Waals surface area contributed by atoms with E-state index in [-0.39, 0.29) is 9.13 Å². The van der Waals surface area contributed by atoms with Gasteiger partial charge in [-0.25, -0.2) is 8.78 Å². The fourth-order valence-corrected chi connectivity index (χ4v) is 1.86. The van der Waals surface area contributed by atoms with Crippen LogP contribution in [0.5, 0.6) is 0 Å². The number of carbonyl (C=O) groups is 1. The van der Waals surface area contributed by atoms with Gasteiger partial charge >= 0.3 is 5.97 Å². The molecular formula is C8H6F2INO3. The Morgan fingerprint density at radius 3 is 2.67 bits per heavy atom. The van der Waals surface area contributed by atoms with Crippen LogP contribution in [0.3, 0.4) is 0 Å². The maximum Gasteiger partial charge on any atom is 0.307 e. The average Bonchev–Trinajstić information content (AvgIpc) is 2.08. The number of pyridine rings is 1. The van der Waals surface area contributed by atoms with E-state index in [2.05, 4.69) is 0 Å². The van der Waals surface area contributed by atoms with Crippen LogP contribution >= 0.6 is 22.6 Å². The molecule has 0 saturated carbocycles. The zero-order valence-electron chi connectivity index (χ0n) is 7.26. The molecule has 0 amide bonds. The minimum absolute atomic E-state index is 0.0438. The average molecular weight is 329 g/mol. The van der Waals surface area contributed by atoms with E-state index < -0.39 is 30.1 Å². The van der Waals surface area contributed by atoms with E-state index in [1.807, 2.05) is 4.98 Å². The van der Waals surface area contributed by atoms with Crippen LogP contribution in [0, 0.1) is 3.57 Å². The van der Waals surface area contributed by atoms with Crippen LogP contribution in [-0.2, 0) is 11.2 Å². The standard InChI is InChI=1S/C8H6F2INO3/c9-8(10)7-3(1-6(14)15)4(11)2-5(13)12-7/h2,8H,1H2,(H,12,13)(H,14,15). The number of aromatic nitrogens is 1. The molecule has 1 heterocycles. The van der Waals surface area contributed by atoms with Gasteiger partial charge in [0.1, 0.15) is 0 Å². The Bertz CT molecular complexity index is 444. The van der Waals surface area contributed by atoms with Crippen LogP contribution in [0.2, 0.25) is 0 Å². The van der Waals surface area contributed by atoms with Gasteiger partial charge in [-0.2, -0.15) is 0 Å². The molecule has 0 aromatic carbocycles. The van der Waals surface area contributed by atoms with Crippen LogP contribution in [0.25, 0.3) is 0 Å². The molecule has 0 aliphatic rings. The zero-order chi connectivity index (χ0) is 11.6. The third-order valence-corrected chi connectivity index (χ3v) is 2.64. The fraction of sp³-hybridized carbons (Fsp3) is 0.250. The molecule has 0 saturated heterocycles. The molecule has 82 valence electrons. The molecule has 0 aliphatic heterocycles. The lowest BCUT2D eigenvalue weighted by atomic mass is 10.1. The van der Waals surface area contributed by atoms with Gasteiger partial charge in [0, 0.05) is 15.2 Å². The van der Waals surface area contributed by atoms with E-state index in [1.165, 1.54) is 0 Å². The number of alkyl halides is 2. The predicted octanol–water partition coefficient (Wildman–Crippen LogP) is 1.54. The first kappa shape index (κ1) is 12.1. The Balaban J connectivity index is 3.33. The lowest BCUT2D eigenvalue weighted by Gasteiger charge is -2.08. The summed E-state index contributed by atoms with van der Waals surface area (Å²) in [6.45, 7) is 0. The van der Waals surface area contributed by atoms with Crippen molar-refractivity contribution in [3.8, 4) is 0 Å². The third kappa shape index (κ3) is 2.98. The molecule has 0 spiro atoms. The number of nitrogens with one attached hydrogen (secondary N) is 1. The monoisotopic (exact) mass is 329 g/mol. The van der Waals surface area contributed by atoms with E-state index in [0.29, 0.717) is 0 Å². The SMILES string of the molecule is O=C(O)Cc1c(I)cc(=O)[nH]c1C(F)F. The third-order valence-electron chi connectivity index (χ3n) is 1.68. The molecule has 0 fully saturated rings. The minimum atomic E-state index is -2.89. The second-order valence-electron chi connectivity index (χ2n) is 2.74. The van der Waals surface area contributed by atoms with Crippen LogP contribution < -0.4 is 5.56 Å². The normalized spacial score (nSPS) is 10.7. The highest BCUT2D eigenvalue weighted by Crippen LogP contribution is 2.23. The number of carboxylic acids is 1. The molecular weight excluding hydrogens is 323 g/mol. The summed E-state index contributed by atoms with van der Waals surface area (Å²) >= 11 is 1.66. The Morgan fingerprint density at radius 1 is 1.60 bits per heavy atom. The molecule has 15 heavy (non-hydrogen) atoms. The molecule has 1 rings (SSSR count). The quantitative estimate of drug-likeness (QED) is 0.827. The van der Waals surface area contributed by atoms with Crippen molar-refractivity contribution in [3.05, 3.63) is 31.2 Å². The van der Waals surface area contributed by atoms with Crippen LogP contribution in [0.1, 0.15) is 17.7 Å². The number of aromatic amines is 1. The summed E-state index contributed by atoms with van der Waals surface area (Å²) in [6, 6.07) is 1.09. The Labute approximate surface area is 96.5 Å². The first-order chi connectivity index (χ1) is 6.91. The lowest BCUT2D eigenvalue weighted by molar-refractivity contribution is -0.136. The van der Waals surface area contributed by atoms with Gasteiger partial charge in [0.2, 0.25) is 5.56 Å². The van der Waals surface area contributed by atoms with Crippen molar-refractivity contribution in [2.45, 2.75) is 12.8 Å². The summed E-state index contributed by atoms with van der Waals surface area (Å²) in [4.78, 5) is 23.3. The fourth-order valence-electron chi connectivity index (χ4n) is 1.09. The zero-order valence-corrected chi connectivity index (χ0v) is 9.42. The largest absolute Gasteiger partial charge is 0.481 e. The highest BCUT2D eigenvalue weighted by Gasteiger charge is 2.19. The Morgan fingerprint density at radius 2 is 2.20 bits per heavy atom. The molecule has 0 unspecified atom stereocenters. The maximum atomic E-state index is 12.5. The van der Waals surface area contributed by atoms with Gasteiger partial charge in [0.15, 0.2) is 0 Å². The van der Waals surface area contributed by atoms with Gasteiger partial charge in [0.05, 0.1) is 12.1 Å². The number of hydrogen-bond donors (Lipinski definition) is 2. The highest BCUT2D eigenvalue weighted by molar-refractivity contribution is 14.1. The first-order valence-corrected chi connectivity index (χ1v) is 4.91. The van der Waals surface area contributed by atoms with Gasteiger partial charge in [-0.3, -0.25) is 9.59 Å². The lowest BCUT2D eigenvalue weighted by Crippen LogP contribution is -2.15. The number of aliphatic carboxylic acids is 1. The van der Waals surface area contributed by atoms with E-state index >= 15 is 0 Å². The molecule has 0 atom stereocenters. The maximum absolute atomic E-state index is 12.5. The van der Waals surface area contributed by atoms with Crippen molar-refractivity contribution in [1.29, 1.82) is 0 Å². The Kier molecular flexibility index (Phi) is 3.77. The molecule has 7 heteroatoms. The second kappa shape index (κ2) is 4.69. The summed E-state index contributed by atoms with van der Waals surface area (Å²) in [5, 5.41) is 8.53. The number of rotatable bonds is 3. The van der Waals surface area contributed by atoms with Crippen molar-refractivity contribution in [3.63, 3.8) is 0 Å². The molecule has 1 aromatic heterocycles. The number of hydrogen-bond acceptors (Lipinski definition) is 2. The van der Waals surface area contributed by atoms with E-state index in [0.717, 1.165) is 6.07 Å². The van der Waals surface area contributed by atoms with Crippen molar-refractivity contribution in [2.75, 3.05) is 0 Å². The summed E-state index contributed by atoms with van der Waals surface area (Å²) < 4.78 is 25.2. The van der Waals surface area contributed by atoms with E-state index in [1.54, 1.807) is 22.6 Å². The minimum Gasteiger partial charge on any atom is -0.481 e. The number of carboxylic acid groups (broad SMARTS) is 1. The summed E-state index contributed by atoms with van der Waals surface area (Å²) in [7, 11) is 0. The van der Waals surface area contributed by atoms with E-state index in [9.17, 15) is 18.4 Å². The van der Waals surface area contributed by atoms with Crippen LogP contribution in [-0.4, -0.2) is 16.1 Å². The van der Waals surface area contributed by atoms with Crippen molar-refractivity contribution in [1.82, 2.24) is 4.98 Å². The van der Waals surface area contributed by atoms with Gasteiger partial charge < -0.3 is 10.1 Å². The number of H-pyrrole nitrogens is 1. The highest BCUT2D eigenvalue weighted by atomic mass is 127. The molecule has 4 nitrogen and oxygen atoms in total. The topological polar surface area (TPSA) is 70.2 Å². The molecule has 0 aliphatic carbocycles.